The average molecular weight is 332 g/mol. The molecule has 0 aliphatic heterocycles. The molecule has 0 bridgehead atoms. The summed E-state index contributed by atoms with van der Waals surface area (Å²) in [4.78, 5) is 0. The topological polar surface area (TPSA) is 42.2 Å². The molecule has 0 aliphatic rings. The molecule has 2 aromatic carbocycles. The third-order valence-corrected chi connectivity index (χ3v) is 3.13. The van der Waals surface area contributed by atoms with Crippen LogP contribution in [0.25, 0.3) is 0 Å². The first-order chi connectivity index (χ1) is 9.78. The van der Waals surface area contributed by atoms with Crippen LogP contribution >= 0.6 is 15.9 Å². The lowest BCUT2D eigenvalue weighted by atomic mass is 10.2. The molecule has 0 aliphatic carbocycles. The lowest BCUT2D eigenvalue weighted by molar-refractivity contribution is 0.0889. The summed E-state index contributed by atoms with van der Waals surface area (Å²) in [6.07, 6.45) is 0. The lowest BCUT2D eigenvalue weighted by Crippen LogP contribution is -2.06. The molecule has 0 heterocycles. The number of nitrogens with zero attached hydrogens (tertiary/aromatic N) is 1. The molecule has 0 spiro atoms. The molecule has 0 unspecified atom stereocenters. The number of rotatable bonds is 6. The zero-order chi connectivity index (χ0) is 14.2. The van der Waals surface area contributed by atoms with Crippen molar-refractivity contribution in [2.24, 2.45) is 0 Å². The quantitative estimate of drug-likeness (QED) is 0.753. The number of halogens is 1. The van der Waals surface area contributed by atoms with E-state index in [0.717, 1.165) is 15.8 Å². The maximum Gasteiger partial charge on any atom is 0.119 e. The van der Waals surface area contributed by atoms with Crippen LogP contribution in [0.3, 0.4) is 0 Å². The highest BCUT2D eigenvalue weighted by Gasteiger charge is 1.97. The van der Waals surface area contributed by atoms with E-state index in [0.29, 0.717) is 25.4 Å². The molecular formula is C16H14BrNO2. The van der Waals surface area contributed by atoms with Crippen molar-refractivity contribution in [3.63, 3.8) is 0 Å². The molecule has 4 heteroatoms. The zero-order valence-corrected chi connectivity index (χ0v) is 12.5. The molecule has 3 nitrogen and oxygen atoms in total. The Morgan fingerprint density at radius 1 is 1.05 bits per heavy atom. The fourth-order valence-electron chi connectivity index (χ4n) is 1.66. The molecule has 0 fully saturated rings. The van der Waals surface area contributed by atoms with Gasteiger partial charge in [0.05, 0.1) is 24.8 Å². The van der Waals surface area contributed by atoms with Gasteiger partial charge in [-0.15, -0.1) is 0 Å². The summed E-state index contributed by atoms with van der Waals surface area (Å²) in [5.74, 6) is 0.745. The van der Waals surface area contributed by atoms with E-state index in [1.165, 1.54) is 0 Å². The summed E-state index contributed by atoms with van der Waals surface area (Å²) in [5, 5.41) is 8.69. The van der Waals surface area contributed by atoms with Crippen molar-refractivity contribution in [2.75, 3.05) is 13.2 Å². The van der Waals surface area contributed by atoms with E-state index in [9.17, 15) is 0 Å². The van der Waals surface area contributed by atoms with E-state index in [1.54, 1.807) is 24.3 Å². The highest BCUT2D eigenvalue weighted by atomic mass is 79.9. The van der Waals surface area contributed by atoms with Gasteiger partial charge in [-0.25, -0.2) is 0 Å². The number of ether oxygens (including phenoxy) is 2. The molecule has 0 saturated carbocycles. The van der Waals surface area contributed by atoms with Gasteiger partial charge in [0.2, 0.25) is 0 Å². The average Bonchev–Trinajstić information content (AvgIpc) is 2.48. The second-order valence-corrected chi connectivity index (χ2v) is 5.08. The van der Waals surface area contributed by atoms with Crippen molar-refractivity contribution in [1.82, 2.24) is 0 Å². The maximum atomic E-state index is 8.69. The second-order valence-electron chi connectivity index (χ2n) is 4.17. The smallest absolute Gasteiger partial charge is 0.119 e. The Balaban J connectivity index is 1.67. The predicted octanol–water partition coefficient (Wildman–Crippen LogP) is 3.92. The van der Waals surface area contributed by atoms with E-state index < -0.39 is 0 Å². The largest absolute Gasteiger partial charge is 0.491 e. The summed E-state index contributed by atoms with van der Waals surface area (Å²) in [5.41, 5.74) is 1.75. The predicted molar refractivity (Wildman–Crippen MR) is 80.5 cm³/mol. The third-order valence-electron chi connectivity index (χ3n) is 2.64. The van der Waals surface area contributed by atoms with Gasteiger partial charge >= 0.3 is 0 Å². The minimum atomic E-state index is 0.486. The molecule has 20 heavy (non-hydrogen) atoms. The van der Waals surface area contributed by atoms with Crippen LogP contribution in [0, 0.1) is 11.3 Å². The van der Waals surface area contributed by atoms with E-state index in [1.807, 2.05) is 24.3 Å². The van der Waals surface area contributed by atoms with E-state index in [4.69, 9.17) is 14.7 Å². The van der Waals surface area contributed by atoms with Crippen LogP contribution in [-0.4, -0.2) is 13.2 Å². The van der Waals surface area contributed by atoms with Gasteiger partial charge in [-0.05, 0) is 42.0 Å². The van der Waals surface area contributed by atoms with Gasteiger partial charge in [0.15, 0.2) is 0 Å². The first kappa shape index (κ1) is 14.6. The Kier molecular flexibility index (Phi) is 5.60. The van der Waals surface area contributed by atoms with E-state index >= 15 is 0 Å². The monoisotopic (exact) mass is 331 g/mol. The van der Waals surface area contributed by atoms with Crippen LogP contribution in [-0.2, 0) is 11.3 Å². The normalized spacial score (nSPS) is 10.0. The SMILES string of the molecule is N#Cc1ccc(OCCOCc2cccc(Br)c2)cc1. The minimum Gasteiger partial charge on any atom is -0.491 e. The fourth-order valence-corrected chi connectivity index (χ4v) is 2.11. The molecule has 0 aromatic heterocycles. The molecular weight excluding hydrogens is 318 g/mol. The first-order valence-corrected chi connectivity index (χ1v) is 7.02. The molecule has 2 rings (SSSR count). The van der Waals surface area contributed by atoms with Crippen LogP contribution in [0.15, 0.2) is 53.0 Å². The van der Waals surface area contributed by atoms with Crippen LogP contribution < -0.4 is 4.74 Å². The Morgan fingerprint density at radius 2 is 1.85 bits per heavy atom. The van der Waals surface area contributed by atoms with Gasteiger partial charge in [0, 0.05) is 4.47 Å². The Bertz CT molecular complexity index is 590. The van der Waals surface area contributed by atoms with Gasteiger partial charge < -0.3 is 9.47 Å². The molecule has 0 radical (unpaired) electrons. The molecule has 0 amide bonds. The van der Waals surface area contributed by atoms with Crippen molar-refractivity contribution in [1.29, 1.82) is 5.26 Å². The zero-order valence-electron chi connectivity index (χ0n) is 10.9. The van der Waals surface area contributed by atoms with E-state index in [2.05, 4.69) is 22.0 Å². The summed E-state index contributed by atoms with van der Waals surface area (Å²) >= 11 is 3.42. The number of benzene rings is 2. The van der Waals surface area contributed by atoms with Gasteiger partial charge in [0.25, 0.3) is 0 Å². The van der Waals surface area contributed by atoms with Gasteiger partial charge in [-0.2, -0.15) is 5.26 Å². The Morgan fingerprint density at radius 3 is 2.55 bits per heavy atom. The van der Waals surface area contributed by atoms with Crippen molar-refractivity contribution in [3.05, 3.63) is 64.1 Å². The highest BCUT2D eigenvalue weighted by Crippen LogP contribution is 2.13. The van der Waals surface area contributed by atoms with Crippen LogP contribution in [0.5, 0.6) is 5.75 Å². The number of hydrogen-bond donors (Lipinski definition) is 0. The minimum absolute atomic E-state index is 0.486. The number of nitriles is 1. The Labute approximate surface area is 126 Å². The van der Waals surface area contributed by atoms with Crippen molar-refractivity contribution >= 4 is 15.9 Å². The van der Waals surface area contributed by atoms with E-state index in [-0.39, 0.29) is 0 Å². The summed E-state index contributed by atoms with van der Waals surface area (Å²) in [6.45, 7) is 1.57. The first-order valence-electron chi connectivity index (χ1n) is 6.23. The van der Waals surface area contributed by atoms with Crippen molar-refractivity contribution in [3.8, 4) is 11.8 Å². The summed E-state index contributed by atoms with van der Waals surface area (Å²) in [7, 11) is 0. The lowest BCUT2D eigenvalue weighted by Gasteiger charge is -2.07. The molecule has 102 valence electrons. The molecule has 2 aromatic rings. The van der Waals surface area contributed by atoms with Crippen LogP contribution in [0.4, 0.5) is 0 Å². The fraction of sp³-hybridized carbons (Fsp3) is 0.188. The van der Waals surface area contributed by atoms with Crippen molar-refractivity contribution < 1.29 is 9.47 Å². The molecule has 0 N–H and O–H groups in total. The Hall–Kier alpha value is -1.83. The van der Waals surface area contributed by atoms with Gasteiger partial charge in [-0.1, -0.05) is 28.1 Å². The van der Waals surface area contributed by atoms with Gasteiger partial charge in [0.1, 0.15) is 12.4 Å². The maximum absolute atomic E-state index is 8.69. The second kappa shape index (κ2) is 7.68. The summed E-state index contributed by atoms with van der Waals surface area (Å²) < 4.78 is 12.1. The summed E-state index contributed by atoms with van der Waals surface area (Å²) in [6, 6.07) is 17.1. The van der Waals surface area contributed by atoms with Crippen LogP contribution in [0.2, 0.25) is 0 Å². The third kappa shape index (κ3) is 4.69. The van der Waals surface area contributed by atoms with Crippen molar-refractivity contribution in [2.45, 2.75) is 6.61 Å². The van der Waals surface area contributed by atoms with Crippen LogP contribution in [0.1, 0.15) is 11.1 Å². The number of hydrogen-bond acceptors (Lipinski definition) is 3. The van der Waals surface area contributed by atoms with Gasteiger partial charge in [-0.3, -0.25) is 0 Å². The highest BCUT2D eigenvalue weighted by molar-refractivity contribution is 9.10. The molecule has 0 saturated heterocycles. The molecule has 0 atom stereocenters. The standard InChI is InChI=1S/C16H14BrNO2/c17-15-3-1-2-14(10-15)12-19-8-9-20-16-6-4-13(11-18)5-7-16/h1-7,10H,8-9,12H2.